The molecule has 0 spiro atoms. The van der Waals surface area contributed by atoms with E-state index in [1.54, 1.807) is 12.1 Å². The number of aryl methyl sites for hydroxylation is 1. The van der Waals surface area contributed by atoms with Crippen molar-refractivity contribution in [3.05, 3.63) is 106 Å². The van der Waals surface area contributed by atoms with Crippen molar-refractivity contribution < 1.29 is 23.5 Å². The van der Waals surface area contributed by atoms with E-state index in [2.05, 4.69) is 29.7 Å². The van der Waals surface area contributed by atoms with Crippen molar-refractivity contribution >= 4 is 23.4 Å². The number of nitrogens with zero attached hydrogens (tertiary/aromatic N) is 1. The van der Waals surface area contributed by atoms with Crippen molar-refractivity contribution in [1.82, 2.24) is 15.5 Å². The fraction of sp³-hybridized carbons (Fsp3) is 0.444. The second-order valence-electron chi connectivity index (χ2n) is 11.6. The fourth-order valence-electron chi connectivity index (χ4n) is 5.51. The third-order valence-electron chi connectivity index (χ3n) is 7.81. The van der Waals surface area contributed by atoms with E-state index in [1.807, 2.05) is 43.0 Å². The monoisotopic (exact) mass is 641 g/mol. The van der Waals surface area contributed by atoms with Crippen LogP contribution in [0.5, 0.6) is 0 Å². The van der Waals surface area contributed by atoms with E-state index in [1.165, 1.54) is 17.7 Å². The van der Waals surface area contributed by atoms with Gasteiger partial charge < -0.3 is 20.6 Å². The summed E-state index contributed by atoms with van der Waals surface area (Å²) in [5.74, 6) is -2.31. The van der Waals surface area contributed by atoms with E-state index in [-0.39, 0.29) is 37.6 Å². The Balaban J connectivity index is 1.77. The Kier molecular flexibility index (Phi) is 14.9. The molecular weight excluding hydrogens is 596 g/mol. The molecular formula is C36H46ClF2N3O3. The Morgan fingerprint density at radius 1 is 0.867 bits per heavy atom. The molecule has 3 aromatic rings. The summed E-state index contributed by atoms with van der Waals surface area (Å²) < 4.78 is 28.1. The van der Waals surface area contributed by atoms with E-state index in [0.717, 1.165) is 36.5 Å². The van der Waals surface area contributed by atoms with Gasteiger partial charge in [-0.3, -0.25) is 9.59 Å². The molecule has 45 heavy (non-hydrogen) atoms. The third kappa shape index (κ3) is 12.2. The number of benzene rings is 3. The summed E-state index contributed by atoms with van der Waals surface area (Å²) in [5, 5.41) is 17.9. The number of nitrogens with one attached hydrogen (secondary N) is 2. The number of hydrogen-bond donors (Lipinski definition) is 3. The number of rotatable bonds is 18. The van der Waals surface area contributed by atoms with E-state index in [0.29, 0.717) is 30.2 Å². The zero-order valence-corrected chi connectivity index (χ0v) is 27.3. The van der Waals surface area contributed by atoms with Gasteiger partial charge in [-0.15, -0.1) is 0 Å². The van der Waals surface area contributed by atoms with Crippen LogP contribution in [-0.4, -0.2) is 53.6 Å². The first kappa shape index (κ1) is 36.1. The van der Waals surface area contributed by atoms with E-state index >= 15 is 0 Å². The van der Waals surface area contributed by atoms with E-state index < -0.39 is 29.7 Å². The molecule has 3 atom stereocenters. The molecule has 6 nitrogen and oxygen atoms in total. The summed E-state index contributed by atoms with van der Waals surface area (Å²) in [6.07, 6.45) is 1.64. The van der Waals surface area contributed by atoms with Crippen LogP contribution in [0.2, 0.25) is 5.02 Å². The van der Waals surface area contributed by atoms with Crippen molar-refractivity contribution in [2.24, 2.45) is 0 Å². The Morgan fingerprint density at radius 3 is 2.13 bits per heavy atom. The third-order valence-corrected chi connectivity index (χ3v) is 8.06. The standard InChI is InChI=1S/C36H46ClF2N3O3/c1-4-14-42(15-5-2)36(45)21-29(28-10-12-30(37)13-11-28)20-35(44)41-33(19-27-17-31(38)22-32(39)18-27)34(43)24-40-23-26-9-7-8-25(6-3)16-26/h7-13,16-18,22,29,33-34,40,43H,4-6,14-15,19-21,23-24H2,1-3H3,(H,41,44)/t29?,33-,34+/m1/s1. The molecule has 0 saturated heterocycles. The Morgan fingerprint density at radius 2 is 1.51 bits per heavy atom. The normalized spacial score (nSPS) is 13.2. The van der Waals surface area contributed by atoms with Crippen LogP contribution >= 0.6 is 11.6 Å². The molecule has 0 heterocycles. The summed E-state index contributed by atoms with van der Waals surface area (Å²) in [7, 11) is 0. The number of aliphatic hydroxyl groups excluding tert-OH is 1. The summed E-state index contributed by atoms with van der Waals surface area (Å²) in [6, 6.07) is 17.6. The average Bonchev–Trinajstić information content (AvgIpc) is 3.00. The second kappa shape index (κ2) is 18.6. The number of carbonyl (C=O) groups excluding carboxylic acids is 2. The minimum absolute atomic E-state index is 0.0138. The van der Waals surface area contributed by atoms with Gasteiger partial charge in [0.1, 0.15) is 11.6 Å². The topological polar surface area (TPSA) is 81.7 Å². The molecule has 0 aromatic heterocycles. The zero-order valence-electron chi connectivity index (χ0n) is 26.5. The van der Waals surface area contributed by atoms with Crippen LogP contribution in [0.4, 0.5) is 8.78 Å². The molecule has 3 N–H and O–H groups in total. The smallest absolute Gasteiger partial charge is 0.223 e. The Hall–Kier alpha value is -3.33. The van der Waals surface area contributed by atoms with Crippen molar-refractivity contribution in [2.45, 2.75) is 83.9 Å². The number of hydrogen-bond acceptors (Lipinski definition) is 4. The fourth-order valence-corrected chi connectivity index (χ4v) is 5.63. The van der Waals surface area contributed by atoms with Gasteiger partial charge in [-0.2, -0.15) is 0 Å². The minimum atomic E-state index is -1.06. The van der Waals surface area contributed by atoms with Gasteiger partial charge in [0.2, 0.25) is 11.8 Å². The molecule has 3 aromatic carbocycles. The lowest BCUT2D eigenvalue weighted by Gasteiger charge is -2.27. The van der Waals surface area contributed by atoms with Crippen LogP contribution in [-0.2, 0) is 29.0 Å². The van der Waals surface area contributed by atoms with Crippen LogP contribution in [0.1, 0.15) is 74.6 Å². The van der Waals surface area contributed by atoms with Crippen LogP contribution in [0.3, 0.4) is 0 Å². The highest BCUT2D eigenvalue weighted by atomic mass is 35.5. The first-order valence-corrected chi connectivity index (χ1v) is 16.2. The number of carbonyl (C=O) groups is 2. The first-order valence-electron chi connectivity index (χ1n) is 15.9. The van der Waals surface area contributed by atoms with Gasteiger partial charge in [0.05, 0.1) is 12.1 Å². The summed E-state index contributed by atoms with van der Waals surface area (Å²) in [6.45, 7) is 8.05. The molecule has 0 aliphatic rings. The molecule has 0 bridgehead atoms. The van der Waals surface area contributed by atoms with Crippen molar-refractivity contribution in [3.8, 4) is 0 Å². The molecule has 0 aliphatic carbocycles. The highest BCUT2D eigenvalue weighted by Crippen LogP contribution is 2.26. The molecule has 1 unspecified atom stereocenters. The van der Waals surface area contributed by atoms with Crippen LogP contribution in [0.25, 0.3) is 0 Å². The number of aliphatic hydroxyl groups is 1. The van der Waals surface area contributed by atoms with Crippen LogP contribution in [0, 0.1) is 11.6 Å². The Bertz CT molecular complexity index is 1350. The van der Waals surface area contributed by atoms with Crippen molar-refractivity contribution in [3.63, 3.8) is 0 Å². The molecule has 0 saturated carbocycles. The van der Waals surface area contributed by atoms with Crippen molar-refractivity contribution in [2.75, 3.05) is 19.6 Å². The predicted octanol–water partition coefficient (Wildman–Crippen LogP) is 6.57. The maximum Gasteiger partial charge on any atom is 0.223 e. The molecule has 0 radical (unpaired) electrons. The van der Waals surface area contributed by atoms with Gasteiger partial charge in [-0.1, -0.05) is 68.8 Å². The lowest BCUT2D eigenvalue weighted by Crippen LogP contribution is -2.49. The van der Waals surface area contributed by atoms with Gasteiger partial charge >= 0.3 is 0 Å². The maximum atomic E-state index is 14.0. The number of halogens is 3. The molecule has 2 amide bonds. The maximum absolute atomic E-state index is 14.0. The highest BCUT2D eigenvalue weighted by molar-refractivity contribution is 6.30. The zero-order chi connectivity index (χ0) is 32.8. The SMILES string of the molecule is CCCN(CCC)C(=O)CC(CC(=O)N[C@H](Cc1cc(F)cc(F)c1)[C@@H](O)CNCc1cccc(CC)c1)c1ccc(Cl)cc1. The quantitative estimate of drug-likeness (QED) is 0.147. The minimum Gasteiger partial charge on any atom is -0.390 e. The lowest BCUT2D eigenvalue weighted by molar-refractivity contribution is -0.132. The summed E-state index contributed by atoms with van der Waals surface area (Å²) in [5.41, 5.74) is 3.38. The van der Waals surface area contributed by atoms with Gasteiger partial charge in [0, 0.05) is 56.0 Å². The van der Waals surface area contributed by atoms with Crippen molar-refractivity contribution in [1.29, 1.82) is 0 Å². The molecule has 0 fully saturated rings. The average molecular weight is 642 g/mol. The van der Waals surface area contributed by atoms with E-state index in [9.17, 15) is 23.5 Å². The van der Waals surface area contributed by atoms with Gasteiger partial charge in [0.15, 0.2) is 0 Å². The largest absolute Gasteiger partial charge is 0.390 e. The van der Waals surface area contributed by atoms with Crippen LogP contribution < -0.4 is 10.6 Å². The predicted molar refractivity (Wildman–Crippen MR) is 176 cm³/mol. The first-order chi connectivity index (χ1) is 21.6. The van der Waals surface area contributed by atoms with Gasteiger partial charge in [-0.05, 0) is 72.2 Å². The highest BCUT2D eigenvalue weighted by Gasteiger charge is 2.27. The lowest BCUT2D eigenvalue weighted by atomic mass is 9.91. The van der Waals surface area contributed by atoms with Gasteiger partial charge in [-0.25, -0.2) is 8.78 Å². The molecule has 9 heteroatoms. The molecule has 3 rings (SSSR count). The number of amides is 2. The summed E-state index contributed by atoms with van der Waals surface area (Å²) >= 11 is 6.12. The molecule has 0 aliphatic heterocycles. The second-order valence-corrected chi connectivity index (χ2v) is 12.0. The summed E-state index contributed by atoms with van der Waals surface area (Å²) in [4.78, 5) is 28.7. The molecule has 244 valence electrons. The van der Waals surface area contributed by atoms with E-state index in [4.69, 9.17) is 11.6 Å². The van der Waals surface area contributed by atoms with Gasteiger partial charge in [0.25, 0.3) is 0 Å². The van der Waals surface area contributed by atoms with Crippen LogP contribution in [0.15, 0.2) is 66.7 Å². The Labute approximate surface area is 271 Å².